The fraction of sp³-hybridized carbons (Fsp3) is 0.909. The van der Waals surface area contributed by atoms with Crippen LogP contribution in [0.5, 0.6) is 0 Å². The maximum atomic E-state index is 12.0. The smallest absolute Gasteiger partial charge is 0.156 e. The molecule has 0 aromatic heterocycles. The Labute approximate surface area is 86.6 Å². The first kappa shape index (κ1) is 11.7. The zero-order chi connectivity index (χ0) is 10.9. The zero-order valence-electron chi connectivity index (χ0n) is 9.85. The van der Waals surface area contributed by atoms with E-state index in [2.05, 4.69) is 24.5 Å². The predicted octanol–water partition coefficient (Wildman–Crippen LogP) is 0.940. The zero-order valence-corrected chi connectivity index (χ0v) is 9.85. The van der Waals surface area contributed by atoms with Gasteiger partial charge in [-0.15, -0.1) is 0 Å². The first-order valence-corrected chi connectivity index (χ1v) is 5.36. The number of carbonyl (C=O) groups excluding carboxylic acids is 1. The van der Waals surface area contributed by atoms with Gasteiger partial charge in [0.05, 0.1) is 6.04 Å². The standard InChI is InChI=1S/C11H22N2O/c1-7-6-12-9(8(2)13-7)10(14)11(3,4)5/h7-9,12-13H,6H2,1-5H3. The van der Waals surface area contributed by atoms with Crippen molar-refractivity contribution in [2.45, 2.75) is 52.7 Å². The SMILES string of the molecule is CC1CNC(C(=O)C(C)(C)C)C(C)N1. The van der Waals surface area contributed by atoms with E-state index in [9.17, 15) is 4.79 Å². The molecule has 0 saturated carbocycles. The fourth-order valence-electron chi connectivity index (χ4n) is 1.87. The number of Topliss-reactive ketones (excluding diaryl/α,β-unsaturated/α-hetero) is 1. The van der Waals surface area contributed by atoms with E-state index in [1.165, 1.54) is 0 Å². The third kappa shape index (κ3) is 2.55. The summed E-state index contributed by atoms with van der Waals surface area (Å²) in [6.45, 7) is 11.0. The maximum absolute atomic E-state index is 12.0. The highest BCUT2D eigenvalue weighted by Gasteiger charge is 2.35. The van der Waals surface area contributed by atoms with Crippen LogP contribution in [0.25, 0.3) is 0 Å². The van der Waals surface area contributed by atoms with Crippen molar-refractivity contribution in [3.8, 4) is 0 Å². The summed E-state index contributed by atoms with van der Waals surface area (Å²) in [5.41, 5.74) is -0.256. The molecule has 82 valence electrons. The summed E-state index contributed by atoms with van der Waals surface area (Å²) in [5, 5.41) is 6.71. The van der Waals surface area contributed by atoms with Crippen LogP contribution in [0.1, 0.15) is 34.6 Å². The molecule has 1 saturated heterocycles. The molecule has 1 fully saturated rings. The molecule has 0 aliphatic carbocycles. The highest BCUT2D eigenvalue weighted by Crippen LogP contribution is 2.19. The molecule has 3 atom stereocenters. The highest BCUT2D eigenvalue weighted by molar-refractivity contribution is 5.89. The Balaban J connectivity index is 2.65. The van der Waals surface area contributed by atoms with Gasteiger partial charge in [0.15, 0.2) is 5.78 Å². The molecule has 1 aliphatic rings. The third-order valence-electron chi connectivity index (χ3n) is 2.71. The Morgan fingerprint density at radius 3 is 2.29 bits per heavy atom. The van der Waals surface area contributed by atoms with E-state index >= 15 is 0 Å². The van der Waals surface area contributed by atoms with Gasteiger partial charge in [-0.1, -0.05) is 20.8 Å². The summed E-state index contributed by atoms with van der Waals surface area (Å²) >= 11 is 0. The van der Waals surface area contributed by atoms with Crippen LogP contribution in [0.15, 0.2) is 0 Å². The van der Waals surface area contributed by atoms with Gasteiger partial charge in [-0.3, -0.25) is 4.79 Å². The van der Waals surface area contributed by atoms with Gasteiger partial charge in [0.1, 0.15) is 0 Å². The summed E-state index contributed by atoms with van der Waals surface area (Å²) in [6.07, 6.45) is 0. The second-order valence-electron chi connectivity index (χ2n) is 5.36. The second kappa shape index (κ2) is 3.99. The molecule has 2 N–H and O–H groups in total. The number of hydrogen-bond donors (Lipinski definition) is 2. The summed E-state index contributed by atoms with van der Waals surface area (Å²) in [6, 6.07) is 0.644. The minimum atomic E-state index is -0.256. The lowest BCUT2D eigenvalue weighted by molar-refractivity contribution is -0.129. The van der Waals surface area contributed by atoms with Crippen molar-refractivity contribution < 1.29 is 4.79 Å². The average Bonchev–Trinajstić information content (AvgIpc) is 2.01. The quantitative estimate of drug-likeness (QED) is 0.659. The summed E-state index contributed by atoms with van der Waals surface area (Å²) in [4.78, 5) is 12.0. The molecule has 3 unspecified atom stereocenters. The molecule has 0 radical (unpaired) electrons. The Morgan fingerprint density at radius 2 is 1.86 bits per heavy atom. The van der Waals surface area contributed by atoms with E-state index in [0.717, 1.165) is 6.54 Å². The molecule has 0 amide bonds. The number of nitrogens with one attached hydrogen (secondary N) is 2. The third-order valence-corrected chi connectivity index (χ3v) is 2.71. The Hall–Kier alpha value is -0.410. The van der Waals surface area contributed by atoms with Crippen molar-refractivity contribution >= 4 is 5.78 Å². The number of rotatable bonds is 1. The van der Waals surface area contributed by atoms with Crippen molar-refractivity contribution in [3.63, 3.8) is 0 Å². The van der Waals surface area contributed by atoms with Crippen LogP contribution in [0.3, 0.4) is 0 Å². The predicted molar refractivity (Wildman–Crippen MR) is 58.3 cm³/mol. The number of carbonyl (C=O) groups is 1. The first-order valence-electron chi connectivity index (χ1n) is 5.36. The molecule has 1 heterocycles. The monoisotopic (exact) mass is 198 g/mol. The minimum absolute atomic E-state index is 0.0359. The van der Waals surface area contributed by atoms with E-state index in [4.69, 9.17) is 0 Å². The van der Waals surface area contributed by atoms with Gasteiger partial charge in [-0.25, -0.2) is 0 Å². The lowest BCUT2D eigenvalue weighted by Crippen LogP contribution is -2.63. The van der Waals surface area contributed by atoms with Crippen LogP contribution in [-0.4, -0.2) is 30.5 Å². The molecule has 3 nitrogen and oxygen atoms in total. The van der Waals surface area contributed by atoms with Crippen molar-refractivity contribution in [2.24, 2.45) is 5.41 Å². The largest absolute Gasteiger partial charge is 0.309 e. The van der Waals surface area contributed by atoms with Crippen LogP contribution in [-0.2, 0) is 4.79 Å². The van der Waals surface area contributed by atoms with Gasteiger partial charge in [0.25, 0.3) is 0 Å². The van der Waals surface area contributed by atoms with Gasteiger partial charge in [-0.2, -0.15) is 0 Å². The van der Waals surface area contributed by atoms with E-state index in [1.807, 2.05) is 20.8 Å². The Kier molecular flexibility index (Phi) is 3.32. The molecule has 0 aromatic carbocycles. The van der Waals surface area contributed by atoms with E-state index in [0.29, 0.717) is 11.8 Å². The van der Waals surface area contributed by atoms with Crippen molar-refractivity contribution in [1.82, 2.24) is 10.6 Å². The van der Waals surface area contributed by atoms with E-state index in [1.54, 1.807) is 0 Å². The van der Waals surface area contributed by atoms with Gasteiger partial charge < -0.3 is 10.6 Å². The maximum Gasteiger partial charge on any atom is 0.156 e. The number of piperazine rings is 1. The highest BCUT2D eigenvalue weighted by atomic mass is 16.1. The van der Waals surface area contributed by atoms with E-state index in [-0.39, 0.29) is 17.5 Å². The summed E-state index contributed by atoms with van der Waals surface area (Å²) in [5.74, 6) is 0.296. The van der Waals surface area contributed by atoms with Crippen LogP contribution < -0.4 is 10.6 Å². The van der Waals surface area contributed by atoms with Gasteiger partial charge in [-0.05, 0) is 13.8 Å². The van der Waals surface area contributed by atoms with Crippen LogP contribution in [0.2, 0.25) is 0 Å². The normalized spacial score (nSPS) is 34.2. The topological polar surface area (TPSA) is 41.1 Å². The van der Waals surface area contributed by atoms with Gasteiger partial charge in [0.2, 0.25) is 0 Å². The Bertz CT molecular complexity index is 220. The molecule has 1 rings (SSSR count). The van der Waals surface area contributed by atoms with E-state index < -0.39 is 0 Å². The van der Waals surface area contributed by atoms with Crippen molar-refractivity contribution in [1.29, 1.82) is 0 Å². The molecule has 0 spiro atoms. The minimum Gasteiger partial charge on any atom is -0.309 e. The molecule has 0 aromatic rings. The lowest BCUT2D eigenvalue weighted by Gasteiger charge is -2.37. The fourth-order valence-corrected chi connectivity index (χ4v) is 1.87. The van der Waals surface area contributed by atoms with Crippen LogP contribution >= 0.6 is 0 Å². The van der Waals surface area contributed by atoms with Crippen LogP contribution in [0.4, 0.5) is 0 Å². The Morgan fingerprint density at radius 1 is 1.29 bits per heavy atom. The lowest BCUT2D eigenvalue weighted by atomic mass is 9.83. The summed E-state index contributed by atoms with van der Waals surface area (Å²) in [7, 11) is 0. The van der Waals surface area contributed by atoms with Gasteiger partial charge in [0, 0.05) is 24.0 Å². The van der Waals surface area contributed by atoms with Crippen LogP contribution in [0, 0.1) is 5.41 Å². The van der Waals surface area contributed by atoms with Crippen molar-refractivity contribution in [2.75, 3.05) is 6.54 Å². The summed E-state index contributed by atoms with van der Waals surface area (Å²) < 4.78 is 0. The number of ketones is 1. The molecular weight excluding hydrogens is 176 g/mol. The average molecular weight is 198 g/mol. The molecule has 0 bridgehead atoms. The van der Waals surface area contributed by atoms with Crippen molar-refractivity contribution in [3.05, 3.63) is 0 Å². The molecule has 14 heavy (non-hydrogen) atoms. The number of hydrogen-bond acceptors (Lipinski definition) is 3. The molecular formula is C11H22N2O. The second-order valence-corrected chi connectivity index (χ2v) is 5.36. The molecule has 3 heteroatoms. The van der Waals surface area contributed by atoms with Gasteiger partial charge >= 0.3 is 0 Å². The first-order chi connectivity index (χ1) is 6.32. The molecule has 1 aliphatic heterocycles.